The molecule has 0 aliphatic rings. The molecule has 0 saturated heterocycles. The summed E-state index contributed by atoms with van der Waals surface area (Å²) in [6.07, 6.45) is 4.93. The van der Waals surface area contributed by atoms with Gasteiger partial charge in [-0.2, -0.15) is 0 Å². The van der Waals surface area contributed by atoms with Crippen molar-refractivity contribution in [3.63, 3.8) is 0 Å². The average molecular weight is 361 g/mol. The fourth-order valence-corrected chi connectivity index (χ4v) is 2.87. The maximum absolute atomic E-state index is 9.52. The van der Waals surface area contributed by atoms with Crippen LogP contribution in [-0.4, -0.2) is 18.2 Å². The quantitative estimate of drug-likeness (QED) is 0.504. The summed E-state index contributed by atoms with van der Waals surface area (Å²) >= 11 is 5.88. The first kappa shape index (κ1) is 19.8. The Bertz CT molecular complexity index is 628. The van der Waals surface area contributed by atoms with Gasteiger partial charge in [0, 0.05) is 18.1 Å². The van der Waals surface area contributed by atoms with Gasteiger partial charge < -0.3 is 15.7 Å². The van der Waals surface area contributed by atoms with Crippen LogP contribution < -0.4 is 10.6 Å². The van der Waals surface area contributed by atoms with E-state index in [0.29, 0.717) is 5.75 Å². The van der Waals surface area contributed by atoms with Gasteiger partial charge >= 0.3 is 0 Å². The second kappa shape index (κ2) is 11.1. The van der Waals surface area contributed by atoms with Crippen molar-refractivity contribution in [2.45, 2.75) is 45.7 Å². The van der Waals surface area contributed by atoms with E-state index in [1.165, 1.54) is 36.8 Å². The molecule has 0 aliphatic heterocycles. The van der Waals surface area contributed by atoms with Crippen molar-refractivity contribution in [2.24, 2.45) is 0 Å². The van der Waals surface area contributed by atoms with Crippen molar-refractivity contribution in [2.75, 3.05) is 13.1 Å². The number of unbranched alkanes of at least 4 members (excludes halogenated alkanes) is 3. The van der Waals surface area contributed by atoms with Crippen molar-refractivity contribution in [3.8, 4) is 5.75 Å². The number of phenolic OH excluding ortho intramolecular Hbond substituents is 1. The van der Waals surface area contributed by atoms with Crippen molar-refractivity contribution >= 4 is 11.6 Å². The Morgan fingerprint density at radius 2 is 1.36 bits per heavy atom. The molecule has 0 fully saturated rings. The van der Waals surface area contributed by atoms with Crippen LogP contribution in [0.4, 0.5) is 0 Å². The third-order valence-electron chi connectivity index (χ3n) is 4.29. The molecular weight excluding hydrogens is 332 g/mol. The molecule has 0 aliphatic carbocycles. The molecule has 0 heterocycles. The Hall–Kier alpha value is -1.55. The van der Waals surface area contributed by atoms with Crippen molar-refractivity contribution < 1.29 is 5.11 Å². The molecule has 4 heteroatoms. The minimum absolute atomic E-state index is 0.369. The minimum atomic E-state index is 0.369. The smallest absolute Gasteiger partial charge is 0.118 e. The van der Waals surface area contributed by atoms with Crippen LogP contribution in [0.3, 0.4) is 0 Å². The van der Waals surface area contributed by atoms with Gasteiger partial charge in [-0.15, -0.1) is 0 Å². The molecule has 0 radical (unpaired) electrons. The first-order chi connectivity index (χ1) is 12.1. The van der Waals surface area contributed by atoms with Gasteiger partial charge in [0.2, 0.25) is 0 Å². The Kier molecular flexibility index (Phi) is 8.81. The number of aromatic hydroxyl groups is 1. The number of rotatable bonds is 11. The number of hydrogen-bond acceptors (Lipinski definition) is 3. The lowest BCUT2D eigenvalue weighted by Gasteiger charge is -2.07. The van der Waals surface area contributed by atoms with Gasteiger partial charge in [-0.3, -0.25) is 0 Å². The molecule has 0 atom stereocenters. The summed E-state index contributed by atoms with van der Waals surface area (Å²) in [5.74, 6) is 0.369. The normalized spacial score (nSPS) is 11.0. The van der Waals surface area contributed by atoms with Crippen molar-refractivity contribution in [1.82, 2.24) is 10.6 Å². The van der Waals surface area contributed by atoms with Crippen LogP contribution in [0.1, 0.15) is 42.4 Å². The maximum Gasteiger partial charge on any atom is 0.118 e. The SMILES string of the molecule is Cc1cc(CNCCCCCCNCc2ccc(Cl)cc2)ccc1O. The van der Waals surface area contributed by atoms with Gasteiger partial charge in [0.15, 0.2) is 0 Å². The van der Waals surface area contributed by atoms with E-state index in [0.717, 1.165) is 36.8 Å². The van der Waals surface area contributed by atoms with Gasteiger partial charge in [0.1, 0.15) is 5.75 Å². The zero-order chi connectivity index (χ0) is 17.9. The number of hydrogen-bond donors (Lipinski definition) is 3. The molecule has 0 saturated carbocycles. The predicted octanol–water partition coefficient (Wildman–Crippen LogP) is 4.79. The van der Waals surface area contributed by atoms with Crippen LogP contribution >= 0.6 is 11.6 Å². The Morgan fingerprint density at radius 1 is 0.800 bits per heavy atom. The van der Waals surface area contributed by atoms with E-state index >= 15 is 0 Å². The topological polar surface area (TPSA) is 44.3 Å². The van der Waals surface area contributed by atoms with E-state index in [-0.39, 0.29) is 0 Å². The monoisotopic (exact) mass is 360 g/mol. The summed E-state index contributed by atoms with van der Waals surface area (Å²) < 4.78 is 0. The molecule has 0 spiro atoms. The third-order valence-corrected chi connectivity index (χ3v) is 4.54. The van der Waals surface area contributed by atoms with Crippen molar-refractivity contribution in [1.29, 1.82) is 0 Å². The highest BCUT2D eigenvalue weighted by Gasteiger charge is 1.98. The lowest BCUT2D eigenvalue weighted by atomic mass is 10.1. The molecule has 0 aromatic heterocycles. The first-order valence-electron chi connectivity index (χ1n) is 9.09. The fraction of sp³-hybridized carbons (Fsp3) is 0.429. The summed E-state index contributed by atoms with van der Waals surface area (Å²) in [4.78, 5) is 0. The molecule has 2 aromatic carbocycles. The van der Waals surface area contributed by atoms with Crippen molar-refractivity contribution in [3.05, 3.63) is 64.2 Å². The minimum Gasteiger partial charge on any atom is -0.508 e. The van der Waals surface area contributed by atoms with Crippen LogP contribution in [0.25, 0.3) is 0 Å². The highest BCUT2D eigenvalue weighted by molar-refractivity contribution is 6.30. The van der Waals surface area contributed by atoms with E-state index in [4.69, 9.17) is 11.6 Å². The largest absolute Gasteiger partial charge is 0.508 e. The maximum atomic E-state index is 9.52. The molecule has 0 amide bonds. The number of benzene rings is 2. The van der Waals surface area contributed by atoms with E-state index in [2.05, 4.69) is 22.8 Å². The molecule has 2 rings (SSSR count). The van der Waals surface area contributed by atoms with E-state index < -0.39 is 0 Å². The lowest BCUT2D eigenvalue weighted by Crippen LogP contribution is -2.16. The van der Waals surface area contributed by atoms with Crippen LogP contribution in [0.5, 0.6) is 5.75 Å². The second-order valence-corrected chi connectivity index (χ2v) is 6.95. The summed E-state index contributed by atoms with van der Waals surface area (Å²) in [7, 11) is 0. The van der Waals surface area contributed by atoms with Gasteiger partial charge in [-0.05, 0) is 67.7 Å². The van der Waals surface area contributed by atoms with Crippen LogP contribution in [0.2, 0.25) is 5.02 Å². The zero-order valence-electron chi connectivity index (χ0n) is 15.0. The number of phenols is 1. The van der Waals surface area contributed by atoms with Gasteiger partial charge in [0.25, 0.3) is 0 Å². The summed E-state index contributed by atoms with van der Waals surface area (Å²) in [5, 5.41) is 17.3. The van der Waals surface area contributed by atoms with Crippen LogP contribution in [0.15, 0.2) is 42.5 Å². The molecule has 3 nitrogen and oxygen atoms in total. The standard InChI is InChI=1S/C21H29ClN2O/c1-17-14-19(8-11-21(17)25)16-24-13-5-3-2-4-12-23-15-18-6-9-20(22)10-7-18/h6-11,14,23-25H,2-5,12-13,15-16H2,1H3. The van der Waals surface area contributed by atoms with E-state index in [1.54, 1.807) is 6.07 Å². The molecule has 0 unspecified atom stereocenters. The fourth-order valence-electron chi connectivity index (χ4n) is 2.75. The number of halogens is 1. The lowest BCUT2D eigenvalue weighted by molar-refractivity contribution is 0.470. The number of nitrogens with one attached hydrogen (secondary N) is 2. The molecular formula is C21H29ClN2O. The summed E-state index contributed by atoms with van der Waals surface area (Å²) in [6.45, 7) is 5.80. The first-order valence-corrected chi connectivity index (χ1v) is 9.47. The molecule has 0 bridgehead atoms. The molecule has 3 N–H and O–H groups in total. The van der Waals surface area contributed by atoms with Gasteiger partial charge in [0.05, 0.1) is 0 Å². The molecule has 25 heavy (non-hydrogen) atoms. The molecule has 2 aromatic rings. The highest BCUT2D eigenvalue weighted by atomic mass is 35.5. The highest BCUT2D eigenvalue weighted by Crippen LogP contribution is 2.16. The van der Waals surface area contributed by atoms with Crippen LogP contribution in [0, 0.1) is 6.92 Å². The Labute approximate surface area is 156 Å². The van der Waals surface area contributed by atoms with E-state index in [1.807, 2.05) is 31.2 Å². The Morgan fingerprint density at radius 3 is 1.96 bits per heavy atom. The predicted molar refractivity (Wildman–Crippen MR) is 106 cm³/mol. The summed E-state index contributed by atoms with van der Waals surface area (Å²) in [6, 6.07) is 13.8. The average Bonchev–Trinajstić information content (AvgIpc) is 2.61. The zero-order valence-corrected chi connectivity index (χ0v) is 15.8. The van der Waals surface area contributed by atoms with Gasteiger partial charge in [-0.25, -0.2) is 0 Å². The van der Waals surface area contributed by atoms with Crippen LogP contribution in [-0.2, 0) is 13.1 Å². The molecule has 136 valence electrons. The summed E-state index contributed by atoms with van der Waals surface area (Å²) in [5.41, 5.74) is 3.44. The van der Waals surface area contributed by atoms with Gasteiger partial charge in [-0.1, -0.05) is 48.7 Å². The van der Waals surface area contributed by atoms with E-state index in [9.17, 15) is 5.11 Å². The Balaban J connectivity index is 1.43. The number of aryl methyl sites for hydroxylation is 1. The second-order valence-electron chi connectivity index (χ2n) is 6.52. The third kappa shape index (κ3) is 7.91.